The molecule has 1 aliphatic rings. The Balaban J connectivity index is 1.11. The van der Waals surface area contributed by atoms with Crippen molar-refractivity contribution >= 4 is 13.3 Å². The van der Waals surface area contributed by atoms with Crippen LogP contribution in [-0.2, 0) is 5.41 Å². The first-order chi connectivity index (χ1) is 26.3. The Labute approximate surface area is 319 Å². The van der Waals surface area contributed by atoms with Crippen LogP contribution in [0.3, 0.4) is 0 Å². The zero-order chi connectivity index (χ0) is 36.9. The third kappa shape index (κ3) is 5.80. The molecular weight excluding hydrogens is 671 g/mol. The molecule has 0 saturated heterocycles. The van der Waals surface area contributed by atoms with Crippen LogP contribution >= 0.6 is 0 Å². The van der Waals surface area contributed by atoms with Crippen LogP contribution in [0.4, 0.5) is 0 Å². The van der Waals surface area contributed by atoms with E-state index in [1.54, 1.807) is 0 Å². The molecule has 1 aromatic heterocycles. The van der Waals surface area contributed by atoms with Gasteiger partial charge in [-0.2, -0.15) is 0 Å². The zero-order valence-electron chi connectivity index (χ0n) is 31.1. The van der Waals surface area contributed by atoms with Gasteiger partial charge in [-0.25, -0.2) is 15.0 Å². The topological polar surface area (TPSA) is 38.7 Å². The van der Waals surface area contributed by atoms with E-state index in [0.29, 0.717) is 17.5 Å². The molecule has 9 rings (SSSR count). The molecular formula is C50H41N3Si. The molecule has 1 aliphatic carbocycles. The lowest BCUT2D eigenvalue weighted by atomic mass is 9.67. The highest BCUT2D eigenvalue weighted by Gasteiger charge is 2.45. The number of hydrogen-bond acceptors (Lipinski definition) is 3. The summed E-state index contributed by atoms with van der Waals surface area (Å²) in [7, 11) is -1.46. The van der Waals surface area contributed by atoms with Gasteiger partial charge in [0.1, 0.15) is 0 Å². The summed E-state index contributed by atoms with van der Waals surface area (Å²) >= 11 is 0. The summed E-state index contributed by atoms with van der Waals surface area (Å²) in [6.45, 7) is 9.33. The van der Waals surface area contributed by atoms with Gasteiger partial charge in [-0.1, -0.05) is 206 Å². The Morgan fingerprint density at radius 1 is 0.370 bits per heavy atom. The fourth-order valence-corrected chi connectivity index (χ4v) is 9.19. The third-order valence-electron chi connectivity index (χ3n) is 10.9. The molecule has 1 heterocycles. The summed E-state index contributed by atoms with van der Waals surface area (Å²) in [5.74, 6) is 1.98. The van der Waals surface area contributed by atoms with Gasteiger partial charge in [0.2, 0.25) is 0 Å². The minimum absolute atomic E-state index is 0.419. The standard InChI is InChI=1S/C50H41N3Si/c1-34-18-20-38(21-19-34)48-51-47(37-12-6-5-7-13-37)52-49(53-48)39-24-22-35(23-25-39)36-26-28-40(29-27-36)50(41-30-32-42(33-31-41)54(2,3)4)45-16-10-8-14-43(45)44-15-9-11-17-46(44)50/h5-33H,1-4H3. The number of aromatic nitrogens is 3. The van der Waals surface area contributed by atoms with Gasteiger partial charge in [0.05, 0.1) is 13.5 Å². The Hall–Kier alpha value is -6.23. The number of fused-ring (bicyclic) bond motifs is 3. The van der Waals surface area contributed by atoms with E-state index in [1.165, 1.54) is 44.1 Å². The number of benzene rings is 7. The molecule has 0 amide bonds. The van der Waals surface area contributed by atoms with Crippen LogP contribution in [0, 0.1) is 6.92 Å². The van der Waals surface area contributed by atoms with Gasteiger partial charge < -0.3 is 0 Å². The highest BCUT2D eigenvalue weighted by molar-refractivity contribution is 6.88. The Morgan fingerprint density at radius 3 is 1.22 bits per heavy atom. The molecule has 0 saturated carbocycles. The Bertz CT molecular complexity index is 2560. The summed E-state index contributed by atoms with van der Waals surface area (Å²) in [6.07, 6.45) is 0. The van der Waals surface area contributed by atoms with Crippen molar-refractivity contribution in [2.45, 2.75) is 32.0 Å². The smallest absolute Gasteiger partial charge is 0.164 e. The van der Waals surface area contributed by atoms with Crippen LogP contribution in [0.1, 0.15) is 27.8 Å². The molecule has 0 N–H and O–H groups in total. The SMILES string of the molecule is Cc1ccc(-c2nc(-c3ccccc3)nc(-c3ccc(-c4ccc(C5(c6ccc([Si](C)(C)C)cc6)c6ccccc6-c6ccccc65)cc4)cc3)n2)cc1. The second kappa shape index (κ2) is 13.3. The van der Waals surface area contributed by atoms with Crippen molar-refractivity contribution in [3.8, 4) is 56.4 Å². The molecule has 8 aromatic rings. The molecule has 0 atom stereocenters. The van der Waals surface area contributed by atoms with Gasteiger partial charge >= 0.3 is 0 Å². The summed E-state index contributed by atoms with van der Waals surface area (Å²) in [5.41, 5.74) is 13.8. The van der Waals surface area contributed by atoms with Crippen LogP contribution in [0.25, 0.3) is 56.4 Å². The van der Waals surface area contributed by atoms with E-state index in [2.05, 4.69) is 172 Å². The van der Waals surface area contributed by atoms with Gasteiger partial charge in [-0.3, -0.25) is 0 Å². The van der Waals surface area contributed by atoms with Crippen LogP contribution in [0.15, 0.2) is 176 Å². The van der Waals surface area contributed by atoms with E-state index in [1.807, 2.05) is 30.3 Å². The van der Waals surface area contributed by atoms with Crippen molar-refractivity contribution < 1.29 is 0 Å². The molecule has 0 fully saturated rings. The van der Waals surface area contributed by atoms with Crippen molar-refractivity contribution in [3.63, 3.8) is 0 Å². The first-order valence-electron chi connectivity index (χ1n) is 18.7. The van der Waals surface area contributed by atoms with Gasteiger partial charge in [-0.15, -0.1) is 0 Å². The lowest BCUT2D eigenvalue weighted by molar-refractivity contribution is 0.769. The van der Waals surface area contributed by atoms with E-state index in [9.17, 15) is 0 Å². The van der Waals surface area contributed by atoms with E-state index in [4.69, 9.17) is 15.0 Å². The molecule has 260 valence electrons. The summed E-state index contributed by atoms with van der Waals surface area (Å²) in [5, 5.41) is 1.47. The monoisotopic (exact) mass is 711 g/mol. The summed E-state index contributed by atoms with van der Waals surface area (Å²) in [4.78, 5) is 14.8. The van der Waals surface area contributed by atoms with Crippen molar-refractivity contribution in [3.05, 3.63) is 204 Å². The van der Waals surface area contributed by atoms with Crippen LogP contribution in [0.5, 0.6) is 0 Å². The van der Waals surface area contributed by atoms with Crippen molar-refractivity contribution in [2.24, 2.45) is 0 Å². The lowest BCUT2D eigenvalue weighted by Gasteiger charge is -2.34. The van der Waals surface area contributed by atoms with E-state index in [0.717, 1.165) is 27.8 Å². The Morgan fingerprint density at radius 2 is 0.741 bits per heavy atom. The average Bonchev–Trinajstić information content (AvgIpc) is 3.52. The maximum absolute atomic E-state index is 4.96. The fourth-order valence-electron chi connectivity index (χ4n) is 8.02. The van der Waals surface area contributed by atoms with Gasteiger partial charge in [0, 0.05) is 16.7 Å². The molecule has 3 nitrogen and oxygen atoms in total. The van der Waals surface area contributed by atoms with Crippen LogP contribution < -0.4 is 5.19 Å². The molecule has 0 bridgehead atoms. The van der Waals surface area contributed by atoms with Crippen molar-refractivity contribution in [2.75, 3.05) is 0 Å². The van der Waals surface area contributed by atoms with Gasteiger partial charge in [0.25, 0.3) is 0 Å². The van der Waals surface area contributed by atoms with Crippen LogP contribution in [0.2, 0.25) is 19.6 Å². The summed E-state index contributed by atoms with van der Waals surface area (Å²) < 4.78 is 0. The third-order valence-corrected chi connectivity index (χ3v) is 13.0. The lowest BCUT2D eigenvalue weighted by Crippen LogP contribution is -2.38. The number of hydrogen-bond donors (Lipinski definition) is 0. The highest BCUT2D eigenvalue weighted by Crippen LogP contribution is 2.56. The second-order valence-corrected chi connectivity index (χ2v) is 20.4. The number of aryl methyl sites for hydroxylation is 1. The minimum Gasteiger partial charge on any atom is -0.208 e. The van der Waals surface area contributed by atoms with Crippen molar-refractivity contribution in [1.82, 2.24) is 15.0 Å². The molecule has 0 unspecified atom stereocenters. The molecule has 0 aliphatic heterocycles. The molecule has 7 aromatic carbocycles. The summed E-state index contributed by atoms with van der Waals surface area (Å²) in [6, 6.07) is 63.7. The zero-order valence-corrected chi connectivity index (χ0v) is 32.1. The molecule has 0 spiro atoms. The predicted molar refractivity (Wildman–Crippen MR) is 227 cm³/mol. The fraction of sp³-hybridized carbons (Fsp3) is 0.100. The maximum atomic E-state index is 4.96. The quantitative estimate of drug-likeness (QED) is 0.155. The highest BCUT2D eigenvalue weighted by atomic mass is 28.3. The second-order valence-electron chi connectivity index (χ2n) is 15.4. The minimum atomic E-state index is -1.46. The first-order valence-corrected chi connectivity index (χ1v) is 22.2. The predicted octanol–water partition coefficient (Wildman–Crippen LogP) is 11.8. The number of rotatable bonds is 7. The molecule has 4 heteroatoms. The largest absolute Gasteiger partial charge is 0.208 e. The van der Waals surface area contributed by atoms with Gasteiger partial charge in [0.15, 0.2) is 17.5 Å². The maximum Gasteiger partial charge on any atom is 0.164 e. The van der Waals surface area contributed by atoms with Gasteiger partial charge in [-0.05, 0) is 51.4 Å². The normalized spacial score (nSPS) is 13.0. The van der Waals surface area contributed by atoms with E-state index in [-0.39, 0.29) is 0 Å². The van der Waals surface area contributed by atoms with E-state index >= 15 is 0 Å². The average molecular weight is 712 g/mol. The van der Waals surface area contributed by atoms with Crippen LogP contribution in [-0.4, -0.2) is 23.0 Å². The Kier molecular flexibility index (Phi) is 8.28. The first kappa shape index (κ1) is 33.6. The molecule has 0 radical (unpaired) electrons. The van der Waals surface area contributed by atoms with Crippen molar-refractivity contribution in [1.29, 1.82) is 0 Å². The number of nitrogens with zero attached hydrogens (tertiary/aromatic N) is 3. The molecule has 54 heavy (non-hydrogen) atoms. The van der Waals surface area contributed by atoms with E-state index < -0.39 is 13.5 Å².